The van der Waals surface area contributed by atoms with Gasteiger partial charge in [-0.05, 0) is 225 Å². The molecule has 23 nitrogen and oxygen atoms in total. The molecule has 23 heteroatoms. The van der Waals surface area contributed by atoms with Crippen molar-refractivity contribution in [3.8, 4) is 0 Å². The molecule has 9 N–H and O–H groups in total. The highest BCUT2D eigenvalue weighted by Crippen LogP contribution is 2.74. The molecule has 4 aliphatic carbocycles. The van der Waals surface area contributed by atoms with Gasteiger partial charge in [0.15, 0.2) is 34.7 Å². The number of fused-ring (bicyclic) bond motifs is 5. The van der Waals surface area contributed by atoms with Crippen molar-refractivity contribution < 1.29 is 66.9 Å². The molecule has 16 unspecified atom stereocenters. The number of hydrogen-bond donors (Lipinski definition) is 9. The highest BCUT2D eigenvalue weighted by Gasteiger charge is 2.72. The molecule has 0 spiro atoms. The van der Waals surface area contributed by atoms with E-state index < -0.39 is 24.0 Å². The fourth-order valence-electron chi connectivity index (χ4n) is 21.2. The smallest absolute Gasteiger partial charge is 0.220 e. The third-order valence-corrected chi connectivity index (χ3v) is 28.2. The van der Waals surface area contributed by atoms with Crippen molar-refractivity contribution in [1.29, 1.82) is 0 Å². The van der Waals surface area contributed by atoms with Crippen LogP contribution in [0.4, 0.5) is 0 Å². The number of ketones is 7. The zero-order chi connectivity index (χ0) is 105. The van der Waals surface area contributed by atoms with Crippen molar-refractivity contribution in [2.45, 2.75) is 546 Å². The van der Waals surface area contributed by atoms with E-state index in [4.69, 9.17) is 18.9 Å². The Labute approximate surface area is 834 Å². The number of carbonyl (C=O) groups excluding carboxylic acids is 10. The molecular formula is C113H217N9O14. The molecule has 0 aromatic rings. The van der Waals surface area contributed by atoms with E-state index in [1.807, 2.05) is 69.2 Å². The fraction of sp³-hybridized carbons (Fsp3) is 0.912. The first-order valence-electron chi connectivity index (χ1n) is 54.7. The van der Waals surface area contributed by atoms with Gasteiger partial charge in [-0.3, -0.25) is 47.9 Å². The Kier molecular flexibility index (Phi) is 65.2. The van der Waals surface area contributed by atoms with Gasteiger partial charge in [0.05, 0.1) is 79.0 Å². The molecule has 0 aliphatic heterocycles. The minimum absolute atomic E-state index is 0.0176. The van der Waals surface area contributed by atoms with Crippen molar-refractivity contribution in [3.63, 3.8) is 0 Å². The Hall–Kier alpha value is -4.30. The standard InChI is InChI=1S/C35H64O4.C30H53N3O6.C20H40N2O2.2C14H30N2O/c1-21(2)36-20-25(9)28-13-14-29-34(28,11)32(39-24(7)8)19-30-33(10)16-15-27(37-22(3)4)17-26(33)18-31(35(29,30)12)38-23(5)6;1-17(2)25(34)14-11-23(29(38)19(5)6)32-27(36)16-13-24(30(39)20(7)8)33-26(35)15-12-22(31-21(9)10)28(37)18(3)4;1-15(2)11-7-8-13-19(23)21-14-10-9-12-18(22-17(5)6)20(24)16(3)4;2*1-10(2)14(17)13(16-12(5)6)8-7-9-15-11(3)4/h21-32H,13-20H2,1-12H3;17-24,31H,11-16H2,1-10H3,(H,32,36)(H,33,35);15-18,22H,7-14H2,1-6H3,(H,21,23);2*10-13,15-16H,7-9H2,1-6H3/t25-,26?,27?,28?,29?,30?,31?,32?,33?,34?,35?;;;;/m1..../s1. The highest BCUT2D eigenvalue weighted by atomic mass is 16.5. The number of unbranched alkanes of at least 4 members (excludes halogenated alkanes) is 2. The SMILES string of the molecule is CC(C)CCCCC(=O)NCCCCC(NC(C)C)C(=O)C(C)C.CC(C)NC(CCC(=O)NC(CCC(=O)NC(CCC(=O)C(C)C)C(=O)C(C)C)C(=O)C(C)C)C(=O)C(C)C.CC(C)NCCCC(NC(C)C)C(=O)C(C)C.CC(C)NCCCC(NC(C)C)C(=O)C(C)C.CC(C)OC[C@@H](C)C1CCC2C1(C)C(OC(C)C)CC1C3(C)CCC(OC(C)C)CC3CC(OC(C)C)C12C. The average Bonchev–Trinajstić information content (AvgIpc) is 1.37. The van der Waals surface area contributed by atoms with E-state index in [2.05, 4.69) is 214 Å². The Bertz CT molecular complexity index is 3320. The number of Topliss-reactive ketones (excluding diaryl/α,β-unsaturated/α-hetero) is 7. The monoisotopic (exact) mass is 1920 g/mol. The Balaban J connectivity index is 0.00000175. The summed E-state index contributed by atoms with van der Waals surface area (Å²) in [5, 5.41) is 28.6. The summed E-state index contributed by atoms with van der Waals surface area (Å²) in [5.41, 5.74) is 0.599. The van der Waals surface area contributed by atoms with Crippen molar-refractivity contribution in [3.05, 3.63) is 0 Å². The molecule has 0 bridgehead atoms. The average molecular weight is 1930 g/mol. The zero-order valence-electron chi connectivity index (χ0n) is 95.0. The largest absolute Gasteiger partial charge is 0.379 e. The van der Waals surface area contributed by atoms with Gasteiger partial charge in [0, 0.05) is 127 Å². The summed E-state index contributed by atoms with van der Waals surface area (Å²) in [6, 6.07) is 0.0255. The van der Waals surface area contributed by atoms with Crippen molar-refractivity contribution >= 4 is 58.2 Å². The Morgan fingerprint density at radius 1 is 0.316 bits per heavy atom. The first-order valence-corrected chi connectivity index (χ1v) is 54.7. The molecule has 4 saturated carbocycles. The van der Waals surface area contributed by atoms with E-state index in [9.17, 15) is 47.9 Å². The zero-order valence-corrected chi connectivity index (χ0v) is 95.0. The number of carbonyl (C=O) groups is 10. The molecule has 3 amide bonds. The van der Waals surface area contributed by atoms with Crippen LogP contribution in [0.2, 0.25) is 0 Å². The maximum atomic E-state index is 12.8. The van der Waals surface area contributed by atoms with Crippen LogP contribution in [0.1, 0.15) is 431 Å². The number of hydrogen-bond acceptors (Lipinski definition) is 20. The summed E-state index contributed by atoms with van der Waals surface area (Å²) < 4.78 is 26.7. The summed E-state index contributed by atoms with van der Waals surface area (Å²) in [7, 11) is 0. The second-order valence-corrected chi connectivity index (χ2v) is 47.3. The van der Waals surface area contributed by atoms with Crippen LogP contribution in [0.15, 0.2) is 0 Å². The third kappa shape index (κ3) is 49.8. The van der Waals surface area contributed by atoms with Gasteiger partial charge in [0.2, 0.25) is 17.7 Å². The first kappa shape index (κ1) is 132. The van der Waals surface area contributed by atoms with Crippen LogP contribution < -0.4 is 47.9 Å². The van der Waals surface area contributed by atoms with Crippen LogP contribution in [0.3, 0.4) is 0 Å². The van der Waals surface area contributed by atoms with E-state index in [0.29, 0.717) is 120 Å². The first-order chi connectivity index (χ1) is 63.0. The Morgan fingerprint density at radius 2 is 0.684 bits per heavy atom. The topological polar surface area (TPSA) is 316 Å². The maximum absolute atomic E-state index is 12.8. The second-order valence-electron chi connectivity index (χ2n) is 47.3. The number of nitrogens with one attached hydrogen (secondary N) is 9. The van der Waals surface area contributed by atoms with Gasteiger partial charge in [-0.25, -0.2) is 0 Å². The lowest BCUT2D eigenvalue weighted by Gasteiger charge is -2.69. The molecule has 0 aromatic heterocycles. The number of rotatable bonds is 62. The van der Waals surface area contributed by atoms with Crippen LogP contribution in [0.25, 0.3) is 0 Å². The molecule has 4 fully saturated rings. The summed E-state index contributed by atoms with van der Waals surface area (Å²) >= 11 is 0. The molecule has 0 aromatic carbocycles. The molecule has 0 saturated heterocycles. The van der Waals surface area contributed by atoms with Gasteiger partial charge >= 0.3 is 0 Å². The van der Waals surface area contributed by atoms with Crippen LogP contribution in [0, 0.1) is 93.2 Å². The molecule has 4 aliphatic rings. The lowest BCUT2D eigenvalue weighted by Crippen LogP contribution is -2.68. The van der Waals surface area contributed by atoms with E-state index >= 15 is 0 Å². The van der Waals surface area contributed by atoms with Gasteiger partial charge in [-0.15, -0.1) is 0 Å². The van der Waals surface area contributed by atoms with E-state index in [0.717, 1.165) is 83.9 Å². The van der Waals surface area contributed by atoms with Gasteiger partial charge in [-0.1, -0.05) is 234 Å². The molecule has 17 atom stereocenters. The quantitative estimate of drug-likeness (QED) is 0.0256. The van der Waals surface area contributed by atoms with Crippen LogP contribution in [-0.4, -0.2) is 200 Å². The molecule has 136 heavy (non-hydrogen) atoms. The van der Waals surface area contributed by atoms with E-state index in [1.54, 1.807) is 41.5 Å². The van der Waals surface area contributed by atoms with E-state index in [1.165, 1.54) is 44.9 Å². The number of ether oxygens (including phenoxy) is 4. The lowest BCUT2D eigenvalue weighted by atomic mass is 9.37. The Morgan fingerprint density at radius 3 is 1.05 bits per heavy atom. The summed E-state index contributed by atoms with van der Waals surface area (Å²) in [6.07, 6.45) is 22.0. The maximum Gasteiger partial charge on any atom is 0.220 e. The van der Waals surface area contributed by atoms with Crippen LogP contribution in [-0.2, 0) is 66.9 Å². The van der Waals surface area contributed by atoms with Gasteiger partial charge in [0.25, 0.3) is 0 Å². The molecule has 0 radical (unpaired) electrons. The number of amides is 3. The molecule has 4 rings (SSSR count). The normalized spacial score (nSPS) is 22.6. The minimum Gasteiger partial charge on any atom is -0.379 e. The van der Waals surface area contributed by atoms with Gasteiger partial charge < -0.3 is 66.8 Å². The van der Waals surface area contributed by atoms with Crippen molar-refractivity contribution in [2.75, 3.05) is 26.2 Å². The second kappa shape index (κ2) is 67.3. The third-order valence-electron chi connectivity index (χ3n) is 28.2. The predicted octanol–water partition coefficient (Wildman–Crippen LogP) is 21.1. The molecular weight excluding hydrogens is 1710 g/mol. The van der Waals surface area contributed by atoms with Gasteiger partial charge in [-0.2, -0.15) is 0 Å². The molecule has 0 heterocycles. The fourth-order valence-corrected chi connectivity index (χ4v) is 21.2. The molecule has 798 valence electrons. The van der Waals surface area contributed by atoms with Crippen LogP contribution >= 0.6 is 0 Å². The van der Waals surface area contributed by atoms with Gasteiger partial charge in [0.1, 0.15) is 5.78 Å². The van der Waals surface area contributed by atoms with Crippen LogP contribution in [0.5, 0.6) is 0 Å². The predicted molar refractivity (Wildman–Crippen MR) is 565 cm³/mol. The summed E-state index contributed by atoms with van der Waals surface area (Å²) in [4.78, 5) is 124. The minimum atomic E-state index is -0.859. The highest BCUT2D eigenvalue weighted by molar-refractivity contribution is 5.93. The van der Waals surface area contributed by atoms with E-state index in [-0.39, 0.29) is 174 Å². The van der Waals surface area contributed by atoms with Crippen molar-refractivity contribution in [1.82, 2.24) is 47.9 Å². The summed E-state index contributed by atoms with van der Waals surface area (Å²) in [5.74, 6) is 3.09. The lowest BCUT2D eigenvalue weighted by molar-refractivity contribution is -0.277. The summed E-state index contributed by atoms with van der Waals surface area (Å²) in [6.45, 7) is 86.9. The van der Waals surface area contributed by atoms with Crippen molar-refractivity contribution in [2.24, 2.45) is 93.2 Å².